The Morgan fingerprint density at radius 3 is 2.65 bits per heavy atom. The number of aliphatic hydroxyl groups excluding tert-OH is 1. The molecule has 1 rings (SSSR count). The third-order valence-electron chi connectivity index (χ3n) is 2.67. The van der Waals surface area contributed by atoms with Crippen molar-refractivity contribution < 1.29 is 23.4 Å². The van der Waals surface area contributed by atoms with Crippen LogP contribution < -0.4 is 9.47 Å². The molecule has 0 spiro atoms. The van der Waals surface area contributed by atoms with Gasteiger partial charge in [0.25, 0.3) is 0 Å². The molecule has 0 bridgehead atoms. The summed E-state index contributed by atoms with van der Waals surface area (Å²) in [6, 6.07) is 4.93. The number of rotatable bonds is 9. The van der Waals surface area contributed by atoms with Crippen molar-refractivity contribution in [1.29, 1.82) is 0 Å². The van der Waals surface area contributed by atoms with Crippen molar-refractivity contribution in [3.63, 3.8) is 0 Å². The fraction of sp³-hybridized carbons (Fsp3) is 0.571. The Morgan fingerprint density at radius 1 is 1.30 bits per heavy atom. The fourth-order valence-corrected chi connectivity index (χ4v) is 1.84. The first-order valence-corrected chi connectivity index (χ1v) is 6.56. The van der Waals surface area contributed by atoms with Crippen LogP contribution >= 0.6 is 0 Å². The van der Waals surface area contributed by atoms with E-state index in [2.05, 4.69) is 4.74 Å². The maximum atomic E-state index is 12.3. The van der Waals surface area contributed by atoms with Gasteiger partial charge in [0.1, 0.15) is 0 Å². The summed E-state index contributed by atoms with van der Waals surface area (Å²) in [7, 11) is 1.93. The van der Waals surface area contributed by atoms with Gasteiger partial charge in [-0.05, 0) is 38.1 Å². The minimum Gasteiger partial charge on any atom is -0.490 e. The quantitative estimate of drug-likeness (QED) is 0.758. The SMILES string of the molecule is CCOc1cc(CN(C)CCCO)ccc1OC(F)F. The molecule has 1 aromatic rings. The molecule has 1 aromatic carbocycles. The average Bonchev–Trinajstić information content (AvgIpc) is 2.39. The summed E-state index contributed by atoms with van der Waals surface area (Å²) >= 11 is 0. The number of nitrogens with zero attached hydrogens (tertiary/aromatic N) is 1. The number of halogens is 2. The molecule has 0 saturated heterocycles. The summed E-state index contributed by atoms with van der Waals surface area (Å²) in [6.07, 6.45) is 0.696. The molecule has 0 aliphatic carbocycles. The Kier molecular flexibility index (Phi) is 7.25. The number of aliphatic hydroxyl groups is 1. The Balaban J connectivity index is 2.75. The molecule has 0 aliphatic heterocycles. The van der Waals surface area contributed by atoms with Gasteiger partial charge in [-0.2, -0.15) is 8.78 Å². The molecule has 0 aromatic heterocycles. The van der Waals surface area contributed by atoms with Gasteiger partial charge in [-0.1, -0.05) is 6.07 Å². The summed E-state index contributed by atoms with van der Waals surface area (Å²) in [4.78, 5) is 2.04. The normalized spacial score (nSPS) is 11.2. The van der Waals surface area contributed by atoms with E-state index in [0.717, 1.165) is 12.1 Å². The van der Waals surface area contributed by atoms with Crippen LogP contribution in [0.5, 0.6) is 11.5 Å². The molecule has 0 fully saturated rings. The summed E-state index contributed by atoms with van der Waals surface area (Å²) in [5.74, 6) is 0.365. The van der Waals surface area contributed by atoms with Gasteiger partial charge in [-0.15, -0.1) is 0 Å². The van der Waals surface area contributed by atoms with E-state index in [0.29, 0.717) is 25.3 Å². The monoisotopic (exact) mass is 289 g/mol. The number of ether oxygens (including phenoxy) is 2. The molecule has 20 heavy (non-hydrogen) atoms. The fourth-order valence-electron chi connectivity index (χ4n) is 1.84. The minimum atomic E-state index is -2.87. The average molecular weight is 289 g/mol. The maximum Gasteiger partial charge on any atom is 0.387 e. The van der Waals surface area contributed by atoms with Crippen molar-refractivity contribution >= 4 is 0 Å². The zero-order chi connectivity index (χ0) is 15.0. The Hall–Kier alpha value is -1.40. The lowest BCUT2D eigenvalue weighted by Gasteiger charge is -2.18. The van der Waals surface area contributed by atoms with Crippen molar-refractivity contribution in [3.05, 3.63) is 23.8 Å². The van der Waals surface area contributed by atoms with Crippen LogP contribution in [0.4, 0.5) is 8.78 Å². The van der Waals surface area contributed by atoms with E-state index in [4.69, 9.17) is 9.84 Å². The van der Waals surface area contributed by atoms with Crippen molar-refractivity contribution in [2.24, 2.45) is 0 Å². The summed E-state index contributed by atoms with van der Waals surface area (Å²) < 4.78 is 34.3. The minimum absolute atomic E-state index is 0.0450. The molecule has 1 N–H and O–H groups in total. The highest BCUT2D eigenvalue weighted by molar-refractivity contribution is 5.43. The van der Waals surface area contributed by atoms with Gasteiger partial charge in [0.05, 0.1) is 6.61 Å². The number of alkyl halides is 2. The first-order chi connectivity index (χ1) is 9.56. The van der Waals surface area contributed by atoms with Gasteiger partial charge in [-0.25, -0.2) is 0 Å². The van der Waals surface area contributed by atoms with Crippen LogP contribution in [0.1, 0.15) is 18.9 Å². The molecule has 0 atom stereocenters. The molecule has 0 heterocycles. The molecule has 4 nitrogen and oxygen atoms in total. The van der Waals surface area contributed by atoms with Crippen LogP contribution in [0.25, 0.3) is 0 Å². The van der Waals surface area contributed by atoms with Crippen molar-refractivity contribution in [2.75, 3.05) is 26.8 Å². The summed E-state index contributed by atoms with van der Waals surface area (Å²) in [6.45, 7) is 0.850. The smallest absolute Gasteiger partial charge is 0.387 e. The van der Waals surface area contributed by atoms with Gasteiger partial charge in [0, 0.05) is 19.7 Å². The van der Waals surface area contributed by atoms with Crippen LogP contribution in [-0.4, -0.2) is 43.4 Å². The van der Waals surface area contributed by atoms with Crippen molar-refractivity contribution in [3.8, 4) is 11.5 Å². The van der Waals surface area contributed by atoms with Crippen LogP contribution in [-0.2, 0) is 6.54 Å². The van der Waals surface area contributed by atoms with Crippen LogP contribution in [0.15, 0.2) is 18.2 Å². The lowest BCUT2D eigenvalue weighted by atomic mass is 10.2. The van der Waals surface area contributed by atoms with Crippen LogP contribution in [0.2, 0.25) is 0 Å². The number of hydrogen-bond donors (Lipinski definition) is 1. The molecule has 6 heteroatoms. The Morgan fingerprint density at radius 2 is 2.05 bits per heavy atom. The highest BCUT2D eigenvalue weighted by Gasteiger charge is 2.12. The van der Waals surface area contributed by atoms with Gasteiger partial charge >= 0.3 is 6.61 Å². The van der Waals surface area contributed by atoms with E-state index < -0.39 is 6.61 Å². The van der Waals surface area contributed by atoms with E-state index in [-0.39, 0.29) is 12.4 Å². The first kappa shape index (κ1) is 16.7. The van der Waals surface area contributed by atoms with E-state index in [1.165, 1.54) is 6.07 Å². The zero-order valence-electron chi connectivity index (χ0n) is 11.8. The molecule has 0 radical (unpaired) electrons. The van der Waals surface area contributed by atoms with E-state index in [1.54, 1.807) is 19.1 Å². The summed E-state index contributed by atoms with van der Waals surface area (Å²) in [5.41, 5.74) is 0.940. The standard InChI is InChI=1S/C14H21F2NO3/c1-3-19-13-9-11(10-17(2)7-4-8-18)5-6-12(13)20-14(15)16/h5-6,9,14,18H,3-4,7-8,10H2,1-2H3. The van der Waals surface area contributed by atoms with Crippen LogP contribution in [0, 0.1) is 0 Å². The predicted molar refractivity (Wildman–Crippen MR) is 72.3 cm³/mol. The van der Waals surface area contributed by atoms with Crippen molar-refractivity contribution in [2.45, 2.75) is 26.5 Å². The number of benzene rings is 1. The Labute approximate surface area is 117 Å². The highest BCUT2D eigenvalue weighted by Crippen LogP contribution is 2.30. The lowest BCUT2D eigenvalue weighted by molar-refractivity contribution is -0.0514. The van der Waals surface area contributed by atoms with E-state index in [9.17, 15) is 8.78 Å². The second-order valence-corrected chi connectivity index (χ2v) is 4.41. The zero-order valence-corrected chi connectivity index (χ0v) is 11.8. The maximum absolute atomic E-state index is 12.3. The molecule has 114 valence electrons. The largest absolute Gasteiger partial charge is 0.490 e. The summed E-state index contributed by atoms with van der Waals surface area (Å²) in [5, 5.41) is 8.78. The van der Waals surface area contributed by atoms with Gasteiger partial charge in [0.15, 0.2) is 11.5 Å². The lowest BCUT2D eigenvalue weighted by Crippen LogP contribution is -2.20. The molecule has 0 saturated carbocycles. The second-order valence-electron chi connectivity index (χ2n) is 4.41. The molecule has 0 unspecified atom stereocenters. The highest BCUT2D eigenvalue weighted by atomic mass is 19.3. The molecular formula is C14H21F2NO3. The van der Waals surface area contributed by atoms with Gasteiger partial charge in [-0.3, -0.25) is 0 Å². The topological polar surface area (TPSA) is 41.9 Å². The third kappa shape index (κ3) is 5.71. The number of hydrogen-bond acceptors (Lipinski definition) is 4. The van der Waals surface area contributed by atoms with E-state index >= 15 is 0 Å². The second kappa shape index (κ2) is 8.71. The predicted octanol–water partition coefficient (Wildman–Crippen LogP) is 2.50. The third-order valence-corrected chi connectivity index (χ3v) is 2.67. The van der Waals surface area contributed by atoms with Gasteiger partial charge in [0.2, 0.25) is 0 Å². The molecule has 0 aliphatic rings. The molecule has 0 amide bonds. The van der Waals surface area contributed by atoms with Crippen LogP contribution in [0.3, 0.4) is 0 Å². The van der Waals surface area contributed by atoms with E-state index in [1.807, 2.05) is 11.9 Å². The molecular weight excluding hydrogens is 268 g/mol. The Bertz CT molecular complexity index is 402. The van der Waals surface area contributed by atoms with Crippen molar-refractivity contribution in [1.82, 2.24) is 4.90 Å². The first-order valence-electron chi connectivity index (χ1n) is 6.56. The van der Waals surface area contributed by atoms with Gasteiger partial charge < -0.3 is 19.5 Å².